The molecule has 0 bridgehead atoms. The molecule has 0 unspecified atom stereocenters. The lowest BCUT2D eigenvalue weighted by molar-refractivity contribution is -0.0421. The third kappa shape index (κ3) is 6.25. The number of fused-ring (bicyclic) bond motifs is 1. The van der Waals surface area contributed by atoms with E-state index in [-0.39, 0.29) is 5.82 Å². The summed E-state index contributed by atoms with van der Waals surface area (Å²) in [6, 6.07) is 0. The number of anilines is 1. The molecule has 1 aliphatic heterocycles. The van der Waals surface area contributed by atoms with Gasteiger partial charge in [0.1, 0.15) is 30.2 Å². The minimum Gasteiger partial charge on any atom is -0.387 e. The van der Waals surface area contributed by atoms with Crippen LogP contribution in [0.2, 0.25) is 0 Å². The molecular weight excluding hydrogens is 410 g/mol. The number of hydrogen-bond donors (Lipinski definition) is 6. The summed E-state index contributed by atoms with van der Waals surface area (Å²) < 4.78 is 39.0. The second kappa shape index (κ2) is 9.68. The van der Waals surface area contributed by atoms with E-state index in [0.29, 0.717) is 24.3 Å². The number of nitrogen functional groups attached to an aromatic ring is 1. The molecule has 3 heterocycles. The minimum atomic E-state index is -4.67. The van der Waals surface area contributed by atoms with Crippen molar-refractivity contribution in [3.63, 3.8) is 0 Å². The molecule has 0 amide bonds. The highest BCUT2D eigenvalue weighted by Gasteiger charge is 2.44. The molecule has 0 saturated carbocycles. The maximum absolute atomic E-state index is 10.4. The molecule has 2 aromatic heterocycles. The van der Waals surface area contributed by atoms with Crippen molar-refractivity contribution < 1.29 is 32.5 Å². The summed E-state index contributed by atoms with van der Waals surface area (Å²) in [7, 11) is -2.74. The molecule has 15 heteroatoms. The van der Waals surface area contributed by atoms with Crippen molar-refractivity contribution in [2.24, 2.45) is 5.73 Å². The third-order valence-corrected chi connectivity index (χ3v) is 4.23. The van der Waals surface area contributed by atoms with Gasteiger partial charge in [-0.1, -0.05) is 0 Å². The van der Waals surface area contributed by atoms with E-state index in [1.165, 1.54) is 12.7 Å². The monoisotopic (exact) mass is 435 g/mol. The van der Waals surface area contributed by atoms with Gasteiger partial charge in [-0.2, -0.15) is 8.42 Å². The van der Waals surface area contributed by atoms with Gasteiger partial charge in [-0.15, -0.1) is 0 Å². The van der Waals surface area contributed by atoms with Crippen LogP contribution in [-0.2, 0) is 15.1 Å². The highest BCUT2D eigenvalue weighted by molar-refractivity contribution is 7.79. The molecule has 3 rings (SSSR count). The Morgan fingerprint density at radius 1 is 1.24 bits per heavy atom. The van der Waals surface area contributed by atoms with E-state index in [1.54, 1.807) is 4.57 Å². The van der Waals surface area contributed by atoms with Gasteiger partial charge in [0.2, 0.25) is 0 Å². The highest BCUT2D eigenvalue weighted by Crippen LogP contribution is 2.32. The summed E-state index contributed by atoms with van der Waals surface area (Å²) in [5, 5.41) is 20.7. The summed E-state index contributed by atoms with van der Waals surface area (Å²) >= 11 is 0. The molecule has 29 heavy (non-hydrogen) atoms. The van der Waals surface area contributed by atoms with Crippen molar-refractivity contribution in [1.82, 2.24) is 24.4 Å². The molecule has 14 nitrogen and oxygen atoms in total. The van der Waals surface area contributed by atoms with Crippen LogP contribution in [0, 0.1) is 0 Å². The van der Waals surface area contributed by atoms with Crippen LogP contribution in [0.3, 0.4) is 0 Å². The minimum absolute atomic E-state index is 0.254. The number of aromatic nitrogens is 4. The lowest BCUT2D eigenvalue weighted by Crippen LogP contribution is -2.39. The molecule has 1 saturated heterocycles. The Balaban J connectivity index is 0.000000537. The van der Waals surface area contributed by atoms with Crippen molar-refractivity contribution in [2.75, 3.05) is 32.4 Å². The standard InChI is InChI=1S/C14H23N7O3.H2O4S/c1-20(4-2-3-15)5-8-10(22)11(23)14(24-8)21-7-19-9-12(16)17-6-18-13(9)21;1-5(2,3)4/h6-8,10-11,14,22-23H,2-5,15H2,1H3,(H2,16,17,18);(H2,1,2,3,4)/t8-,10-,11-,14-;/m1./s1. The Morgan fingerprint density at radius 3 is 2.52 bits per heavy atom. The second-order valence-corrected chi connectivity index (χ2v) is 7.38. The number of nitrogens with two attached hydrogens (primary N) is 2. The number of likely N-dealkylation sites (N-methyl/N-ethyl adjacent to an activating group) is 1. The first-order valence-corrected chi connectivity index (χ1v) is 9.95. The molecule has 1 aliphatic rings. The number of aliphatic hydroxyl groups is 2. The molecule has 2 aromatic rings. The molecule has 0 aromatic carbocycles. The zero-order valence-electron chi connectivity index (χ0n) is 15.6. The second-order valence-electron chi connectivity index (χ2n) is 6.48. The van der Waals surface area contributed by atoms with E-state index in [9.17, 15) is 10.2 Å². The summed E-state index contributed by atoms with van der Waals surface area (Å²) in [6.45, 7) is 1.88. The Hall–Kier alpha value is -1.98. The summed E-state index contributed by atoms with van der Waals surface area (Å²) in [5.74, 6) is 0.254. The fourth-order valence-electron chi connectivity index (χ4n) is 2.93. The predicted octanol–water partition coefficient (Wildman–Crippen LogP) is -2.34. The van der Waals surface area contributed by atoms with Crippen LogP contribution in [-0.4, -0.2) is 97.1 Å². The first kappa shape index (κ1) is 23.3. The van der Waals surface area contributed by atoms with Gasteiger partial charge in [0.05, 0.1) is 6.33 Å². The molecule has 8 N–H and O–H groups in total. The number of imidazole rings is 1. The Morgan fingerprint density at radius 2 is 1.90 bits per heavy atom. The lowest BCUT2D eigenvalue weighted by Gasteiger charge is -2.22. The largest absolute Gasteiger partial charge is 0.394 e. The Labute approximate surface area is 166 Å². The third-order valence-electron chi connectivity index (χ3n) is 4.23. The van der Waals surface area contributed by atoms with Crippen LogP contribution in [0.15, 0.2) is 12.7 Å². The van der Waals surface area contributed by atoms with Gasteiger partial charge in [-0.3, -0.25) is 13.7 Å². The van der Waals surface area contributed by atoms with E-state index in [2.05, 4.69) is 15.0 Å². The van der Waals surface area contributed by atoms with E-state index in [1.807, 2.05) is 11.9 Å². The number of rotatable bonds is 6. The van der Waals surface area contributed by atoms with Crippen molar-refractivity contribution in [3.8, 4) is 0 Å². The van der Waals surface area contributed by atoms with Crippen LogP contribution >= 0.6 is 0 Å². The SMILES string of the molecule is CN(CCCN)C[C@H]1O[C@@H](n2cnc3c(N)ncnc32)[C@H](O)[C@@H]1O.O=S(=O)(O)O. The van der Waals surface area contributed by atoms with Gasteiger partial charge in [0.25, 0.3) is 0 Å². The van der Waals surface area contributed by atoms with Gasteiger partial charge >= 0.3 is 10.4 Å². The molecule has 164 valence electrons. The van der Waals surface area contributed by atoms with E-state index >= 15 is 0 Å². The average molecular weight is 435 g/mol. The topological polar surface area (TPSA) is 223 Å². The van der Waals surface area contributed by atoms with Gasteiger partial charge in [-0.25, -0.2) is 15.0 Å². The first-order valence-electron chi connectivity index (χ1n) is 8.56. The molecule has 0 spiro atoms. The first-order chi connectivity index (χ1) is 13.5. The fourth-order valence-corrected chi connectivity index (χ4v) is 2.93. The predicted molar refractivity (Wildman–Crippen MR) is 101 cm³/mol. The van der Waals surface area contributed by atoms with E-state index < -0.39 is 34.9 Å². The van der Waals surface area contributed by atoms with Crippen molar-refractivity contribution in [3.05, 3.63) is 12.7 Å². The van der Waals surface area contributed by atoms with Crippen molar-refractivity contribution in [1.29, 1.82) is 0 Å². The number of aliphatic hydroxyl groups excluding tert-OH is 2. The van der Waals surface area contributed by atoms with Crippen LogP contribution in [0.25, 0.3) is 11.2 Å². The van der Waals surface area contributed by atoms with Gasteiger partial charge < -0.3 is 31.3 Å². The number of ether oxygens (including phenoxy) is 1. The summed E-state index contributed by atoms with van der Waals surface area (Å²) in [6.07, 6.45) is 0.256. The van der Waals surface area contributed by atoms with Crippen molar-refractivity contribution in [2.45, 2.75) is 31.0 Å². The van der Waals surface area contributed by atoms with Gasteiger partial charge in [0, 0.05) is 6.54 Å². The highest BCUT2D eigenvalue weighted by atomic mass is 32.3. The normalized spacial score (nSPS) is 24.7. The fraction of sp³-hybridized carbons (Fsp3) is 0.643. The lowest BCUT2D eigenvalue weighted by atomic mass is 10.1. The zero-order valence-corrected chi connectivity index (χ0v) is 16.4. The smallest absolute Gasteiger partial charge is 0.387 e. The maximum Gasteiger partial charge on any atom is 0.394 e. The van der Waals surface area contributed by atoms with Crippen LogP contribution in [0.4, 0.5) is 5.82 Å². The van der Waals surface area contributed by atoms with E-state index in [0.717, 1.165) is 13.0 Å². The van der Waals surface area contributed by atoms with E-state index in [4.69, 9.17) is 33.7 Å². The number of hydrogen-bond acceptors (Lipinski definition) is 11. The number of nitrogens with zero attached hydrogens (tertiary/aromatic N) is 5. The molecule has 0 aliphatic carbocycles. The van der Waals surface area contributed by atoms with Crippen LogP contribution < -0.4 is 11.5 Å². The van der Waals surface area contributed by atoms with Crippen molar-refractivity contribution >= 4 is 27.4 Å². The molecule has 4 atom stereocenters. The molecule has 0 radical (unpaired) electrons. The Kier molecular flexibility index (Phi) is 7.78. The summed E-state index contributed by atoms with van der Waals surface area (Å²) in [4.78, 5) is 14.2. The molecule has 1 fully saturated rings. The quantitative estimate of drug-likeness (QED) is 0.262. The maximum atomic E-state index is 10.4. The van der Waals surface area contributed by atoms with Crippen LogP contribution in [0.5, 0.6) is 0 Å². The average Bonchev–Trinajstić information content (AvgIpc) is 3.16. The van der Waals surface area contributed by atoms with Gasteiger partial charge in [0.15, 0.2) is 17.7 Å². The Bertz CT molecular complexity index is 901. The molecular formula is C14H25N7O7S. The van der Waals surface area contributed by atoms with Gasteiger partial charge in [-0.05, 0) is 26.6 Å². The zero-order chi connectivity index (χ0) is 21.8. The summed E-state index contributed by atoms with van der Waals surface area (Å²) in [5.41, 5.74) is 12.2. The van der Waals surface area contributed by atoms with Crippen LogP contribution in [0.1, 0.15) is 12.6 Å².